The van der Waals surface area contributed by atoms with E-state index >= 15 is 0 Å². The number of aromatic nitrogens is 4. The lowest BCUT2D eigenvalue weighted by molar-refractivity contribution is 0.144. The maximum atomic E-state index is 12.4. The van der Waals surface area contributed by atoms with Gasteiger partial charge in [0.2, 0.25) is 11.8 Å². The van der Waals surface area contributed by atoms with Crippen LogP contribution in [0.15, 0.2) is 6.33 Å². The topological polar surface area (TPSA) is 124 Å². The van der Waals surface area contributed by atoms with E-state index < -0.39 is 7.60 Å². The highest BCUT2D eigenvalue weighted by Crippen LogP contribution is 2.48. The van der Waals surface area contributed by atoms with Gasteiger partial charge in [0, 0.05) is 13.7 Å². The Balaban J connectivity index is 1.78. The molecule has 0 aliphatic carbocycles. The highest BCUT2D eigenvalue weighted by molar-refractivity contribution is 7.53. The van der Waals surface area contributed by atoms with E-state index in [1.165, 1.54) is 0 Å². The highest BCUT2D eigenvalue weighted by Gasteiger charge is 2.22. The van der Waals surface area contributed by atoms with Gasteiger partial charge in [0.1, 0.15) is 6.61 Å². The summed E-state index contributed by atoms with van der Waals surface area (Å²) in [5.41, 5.74) is 7.10. The zero-order valence-electron chi connectivity index (χ0n) is 18.2. The second-order valence-corrected chi connectivity index (χ2v) is 8.96. The minimum absolute atomic E-state index is 0.157. The summed E-state index contributed by atoms with van der Waals surface area (Å²) in [5, 5.41) is 0. The van der Waals surface area contributed by atoms with Gasteiger partial charge in [0.25, 0.3) is 0 Å². The fraction of sp³-hybridized carbons (Fsp3) is 0.737. The van der Waals surface area contributed by atoms with Crippen LogP contribution in [-0.4, -0.2) is 59.2 Å². The Hall–Kier alpha value is -1.74. The standard InChI is InChI=1S/C19H34N5O5P/c1-4-28-30(25,29-5-2)14-10-8-6-7-9-11-24-15-21-16-17(24)22-19(20)23-18(16)27-13-12-26-3/h15H,4-14H2,1-3H3,(H2,20,22,23). The Morgan fingerprint density at radius 3 is 2.43 bits per heavy atom. The molecule has 0 bridgehead atoms. The van der Waals surface area contributed by atoms with Crippen LogP contribution in [0.3, 0.4) is 0 Å². The third kappa shape index (κ3) is 7.50. The molecule has 0 aliphatic rings. The molecule has 0 unspecified atom stereocenters. The number of hydrogen-bond acceptors (Lipinski definition) is 9. The van der Waals surface area contributed by atoms with Gasteiger partial charge in [-0.15, -0.1) is 0 Å². The minimum Gasteiger partial charge on any atom is -0.474 e. The number of anilines is 1. The maximum absolute atomic E-state index is 12.4. The molecule has 0 fully saturated rings. The molecule has 0 aromatic carbocycles. The highest BCUT2D eigenvalue weighted by atomic mass is 31.2. The molecular formula is C19H34N5O5P. The largest absolute Gasteiger partial charge is 0.474 e. The molecule has 2 aromatic heterocycles. The number of unbranched alkanes of at least 4 members (excludes halogenated alkanes) is 4. The molecule has 0 amide bonds. The van der Waals surface area contributed by atoms with Crippen molar-refractivity contribution < 1.29 is 23.1 Å². The van der Waals surface area contributed by atoms with Crippen LogP contribution < -0.4 is 10.5 Å². The Kier molecular flexibility index (Phi) is 10.5. The van der Waals surface area contributed by atoms with Crippen molar-refractivity contribution in [3.8, 4) is 5.88 Å². The van der Waals surface area contributed by atoms with Crippen LogP contribution in [0.25, 0.3) is 11.2 Å². The fourth-order valence-corrected chi connectivity index (χ4v) is 4.83. The van der Waals surface area contributed by atoms with Crippen LogP contribution in [-0.2, 0) is 24.9 Å². The summed E-state index contributed by atoms with van der Waals surface area (Å²) in [6.07, 6.45) is 7.10. The zero-order valence-corrected chi connectivity index (χ0v) is 19.1. The number of rotatable bonds is 16. The van der Waals surface area contributed by atoms with E-state index in [4.69, 9.17) is 24.3 Å². The van der Waals surface area contributed by atoms with E-state index in [2.05, 4.69) is 15.0 Å². The number of methoxy groups -OCH3 is 1. The summed E-state index contributed by atoms with van der Waals surface area (Å²) in [6, 6.07) is 0. The van der Waals surface area contributed by atoms with Crippen LogP contribution in [0.2, 0.25) is 0 Å². The van der Waals surface area contributed by atoms with Crippen molar-refractivity contribution in [3.05, 3.63) is 6.33 Å². The number of nitrogens with two attached hydrogens (primary N) is 1. The quantitative estimate of drug-likeness (QED) is 0.306. The van der Waals surface area contributed by atoms with E-state index in [-0.39, 0.29) is 5.95 Å². The molecule has 2 rings (SSSR count). The SMILES string of the molecule is CCOP(=O)(CCCCCCCn1cnc2c(OCCOC)nc(N)nc21)OCC. The summed E-state index contributed by atoms with van der Waals surface area (Å²) in [4.78, 5) is 12.8. The molecule has 2 N–H and O–H groups in total. The summed E-state index contributed by atoms with van der Waals surface area (Å²) in [5.74, 6) is 0.533. The number of nitrogens with zero attached hydrogens (tertiary/aromatic N) is 4. The first-order valence-electron chi connectivity index (χ1n) is 10.5. The number of fused-ring (bicyclic) bond motifs is 1. The molecule has 0 saturated carbocycles. The maximum Gasteiger partial charge on any atom is 0.330 e. The van der Waals surface area contributed by atoms with Gasteiger partial charge >= 0.3 is 7.60 Å². The van der Waals surface area contributed by atoms with Crippen LogP contribution in [0.4, 0.5) is 5.95 Å². The molecule has 2 heterocycles. The first kappa shape index (κ1) is 24.5. The number of imidazole rings is 1. The smallest absolute Gasteiger partial charge is 0.330 e. The van der Waals surface area contributed by atoms with Crippen molar-refractivity contribution in [2.75, 3.05) is 45.4 Å². The molecule has 0 saturated heterocycles. The molecule has 11 heteroatoms. The average Bonchev–Trinajstić information content (AvgIpc) is 3.10. The molecule has 0 atom stereocenters. The first-order chi connectivity index (χ1) is 14.5. The van der Waals surface area contributed by atoms with Crippen molar-refractivity contribution >= 4 is 24.7 Å². The summed E-state index contributed by atoms with van der Waals surface area (Å²) >= 11 is 0. The van der Waals surface area contributed by atoms with Gasteiger partial charge in [0.15, 0.2) is 11.2 Å². The normalized spacial score (nSPS) is 12.0. The van der Waals surface area contributed by atoms with Gasteiger partial charge in [-0.1, -0.05) is 19.3 Å². The van der Waals surface area contributed by atoms with Gasteiger partial charge in [-0.3, -0.25) is 4.57 Å². The van der Waals surface area contributed by atoms with E-state index in [1.807, 2.05) is 18.4 Å². The Morgan fingerprint density at radius 2 is 1.73 bits per heavy atom. The number of nitrogen functional groups attached to an aromatic ring is 1. The molecule has 2 aromatic rings. The number of hydrogen-bond donors (Lipinski definition) is 1. The zero-order chi connectivity index (χ0) is 21.8. The van der Waals surface area contributed by atoms with Gasteiger partial charge in [-0.2, -0.15) is 9.97 Å². The van der Waals surface area contributed by atoms with E-state index in [0.717, 1.165) is 38.6 Å². The third-order valence-electron chi connectivity index (χ3n) is 4.46. The summed E-state index contributed by atoms with van der Waals surface area (Å²) in [6.45, 7) is 6.08. The van der Waals surface area contributed by atoms with E-state index in [0.29, 0.717) is 49.6 Å². The summed E-state index contributed by atoms with van der Waals surface area (Å²) in [7, 11) is -1.31. The number of ether oxygens (including phenoxy) is 2. The third-order valence-corrected chi connectivity index (χ3v) is 6.63. The van der Waals surface area contributed by atoms with Crippen molar-refractivity contribution in [2.45, 2.75) is 52.5 Å². The lowest BCUT2D eigenvalue weighted by Gasteiger charge is -2.16. The predicted octanol–water partition coefficient (Wildman–Crippen LogP) is 3.65. The van der Waals surface area contributed by atoms with Gasteiger partial charge in [-0.05, 0) is 26.7 Å². The van der Waals surface area contributed by atoms with Crippen molar-refractivity contribution in [2.24, 2.45) is 0 Å². The van der Waals surface area contributed by atoms with Crippen LogP contribution in [0, 0.1) is 0 Å². The Labute approximate surface area is 178 Å². The number of aryl methyl sites for hydroxylation is 1. The Morgan fingerprint density at radius 1 is 1.03 bits per heavy atom. The van der Waals surface area contributed by atoms with Crippen LogP contribution in [0.1, 0.15) is 46.0 Å². The van der Waals surface area contributed by atoms with Crippen LogP contribution in [0.5, 0.6) is 5.88 Å². The fourth-order valence-electron chi connectivity index (χ4n) is 3.10. The monoisotopic (exact) mass is 443 g/mol. The first-order valence-corrected chi connectivity index (χ1v) is 12.2. The molecule has 10 nitrogen and oxygen atoms in total. The van der Waals surface area contributed by atoms with Crippen molar-refractivity contribution in [1.29, 1.82) is 0 Å². The lowest BCUT2D eigenvalue weighted by Crippen LogP contribution is -2.08. The summed E-state index contributed by atoms with van der Waals surface area (Å²) < 4.78 is 35.6. The van der Waals surface area contributed by atoms with E-state index in [9.17, 15) is 4.57 Å². The molecule has 30 heavy (non-hydrogen) atoms. The van der Waals surface area contributed by atoms with Gasteiger partial charge in [-0.25, -0.2) is 4.98 Å². The second kappa shape index (κ2) is 12.8. The van der Waals surface area contributed by atoms with Crippen LogP contribution >= 0.6 is 7.60 Å². The molecule has 0 aliphatic heterocycles. The predicted molar refractivity (Wildman–Crippen MR) is 116 cm³/mol. The molecule has 170 valence electrons. The van der Waals surface area contributed by atoms with E-state index in [1.54, 1.807) is 13.4 Å². The van der Waals surface area contributed by atoms with Gasteiger partial charge in [0.05, 0.1) is 32.3 Å². The molecule has 0 spiro atoms. The molecule has 0 radical (unpaired) electrons. The lowest BCUT2D eigenvalue weighted by atomic mass is 10.1. The van der Waals surface area contributed by atoms with Crippen molar-refractivity contribution in [1.82, 2.24) is 19.5 Å². The van der Waals surface area contributed by atoms with Gasteiger partial charge < -0.3 is 28.8 Å². The molecular weight excluding hydrogens is 409 g/mol. The second-order valence-electron chi connectivity index (χ2n) is 6.78. The van der Waals surface area contributed by atoms with Crippen molar-refractivity contribution in [3.63, 3.8) is 0 Å². The Bertz CT molecular complexity index is 806. The average molecular weight is 443 g/mol. The minimum atomic E-state index is -2.92.